The Morgan fingerprint density at radius 2 is 2.00 bits per heavy atom. The van der Waals surface area contributed by atoms with E-state index in [9.17, 15) is 4.79 Å². The lowest BCUT2D eigenvalue weighted by Gasteiger charge is -2.27. The molecule has 84 valence electrons. The predicted molar refractivity (Wildman–Crippen MR) is 66.8 cm³/mol. The summed E-state index contributed by atoms with van der Waals surface area (Å²) >= 11 is 5.21. The number of allylic oxidation sites excluding steroid dienone is 1. The number of thiocarbonyl (C=S) groups is 1. The summed E-state index contributed by atoms with van der Waals surface area (Å²) in [5.41, 5.74) is 2.70. The Morgan fingerprint density at radius 1 is 1.33 bits per heavy atom. The van der Waals surface area contributed by atoms with Gasteiger partial charge in [-0.15, -0.1) is 0 Å². The van der Waals surface area contributed by atoms with Crippen LogP contribution in [0.1, 0.15) is 46.5 Å². The summed E-state index contributed by atoms with van der Waals surface area (Å²) in [5.74, 6) is 0.202. The molecule has 1 saturated heterocycles. The Morgan fingerprint density at radius 3 is 2.53 bits per heavy atom. The molecule has 3 heteroatoms. The van der Waals surface area contributed by atoms with Crippen LogP contribution in [0.2, 0.25) is 0 Å². The number of carbonyl (C=O) groups excluding carboxylic acids is 1. The first-order valence-electron chi connectivity index (χ1n) is 5.48. The molecular weight excluding hydrogens is 206 g/mol. The van der Waals surface area contributed by atoms with Crippen molar-refractivity contribution in [2.45, 2.75) is 46.5 Å². The fourth-order valence-electron chi connectivity index (χ4n) is 1.58. The minimum absolute atomic E-state index is 0.202. The van der Waals surface area contributed by atoms with E-state index in [1.54, 1.807) is 4.90 Å². The predicted octanol–water partition coefficient (Wildman–Crippen LogP) is 3.07. The molecule has 15 heavy (non-hydrogen) atoms. The maximum Gasteiger partial charge on any atom is 0.227 e. The number of amides is 1. The van der Waals surface area contributed by atoms with Crippen LogP contribution in [-0.2, 0) is 4.79 Å². The first-order valence-corrected chi connectivity index (χ1v) is 5.89. The van der Waals surface area contributed by atoms with E-state index in [2.05, 4.69) is 20.8 Å². The Hall–Kier alpha value is -0.700. The molecule has 0 radical (unpaired) electrons. The average molecular weight is 225 g/mol. The van der Waals surface area contributed by atoms with Crippen molar-refractivity contribution in [2.24, 2.45) is 0 Å². The molecule has 1 fully saturated rings. The van der Waals surface area contributed by atoms with Gasteiger partial charge < -0.3 is 4.90 Å². The molecule has 0 N–H and O–H groups in total. The standard InChI is InChI=1S/C12H19NOS/c1-9(2)10(3)7-8-13-11(14)5-4-6-12(13)15/h4-8H2,1-3H3. The van der Waals surface area contributed by atoms with E-state index in [0.29, 0.717) is 6.42 Å². The van der Waals surface area contributed by atoms with Gasteiger partial charge in [0.05, 0.1) is 4.99 Å². The fraction of sp³-hybridized carbons (Fsp3) is 0.667. The molecule has 1 amide bonds. The van der Waals surface area contributed by atoms with Gasteiger partial charge in [-0.25, -0.2) is 0 Å². The van der Waals surface area contributed by atoms with E-state index >= 15 is 0 Å². The van der Waals surface area contributed by atoms with Crippen molar-refractivity contribution in [1.29, 1.82) is 0 Å². The fourth-order valence-corrected chi connectivity index (χ4v) is 1.92. The van der Waals surface area contributed by atoms with Crippen molar-refractivity contribution in [3.63, 3.8) is 0 Å². The van der Waals surface area contributed by atoms with Crippen molar-refractivity contribution < 1.29 is 4.79 Å². The van der Waals surface area contributed by atoms with E-state index in [0.717, 1.165) is 30.8 Å². The molecule has 0 saturated carbocycles. The maximum atomic E-state index is 11.6. The second-order valence-corrected chi connectivity index (χ2v) is 4.79. The van der Waals surface area contributed by atoms with Crippen LogP contribution in [0.5, 0.6) is 0 Å². The zero-order chi connectivity index (χ0) is 11.4. The number of nitrogens with zero attached hydrogens (tertiary/aromatic N) is 1. The summed E-state index contributed by atoms with van der Waals surface area (Å²) in [6.45, 7) is 7.08. The number of hydrogen-bond donors (Lipinski definition) is 0. The van der Waals surface area contributed by atoms with E-state index in [1.807, 2.05) is 0 Å². The summed E-state index contributed by atoms with van der Waals surface area (Å²) in [7, 11) is 0. The van der Waals surface area contributed by atoms with Crippen molar-refractivity contribution >= 4 is 23.1 Å². The number of hydrogen-bond acceptors (Lipinski definition) is 2. The third-order valence-corrected chi connectivity index (χ3v) is 3.37. The summed E-state index contributed by atoms with van der Waals surface area (Å²) in [6.07, 6.45) is 3.42. The smallest absolute Gasteiger partial charge is 0.227 e. The highest BCUT2D eigenvalue weighted by molar-refractivity contribution is 7.80. The van der Waals surface area contributed by atoms with Crippen LogP contribution in [0.15, 0.2) is 11.1 Å². The van der Waals surface area contributed by atoms with Gasteiger partial charge >= 0.3 is 0 Å². The summed E-state index contributed by atoms with van der Waals surface area (Å²) < 4.78 is 0. The van der Waals surface area contributed by atoms with Gasteiger partial charge in [-0.1, -0.05) is 23.4 Å². The molecule has 0 bridgehead atoms. The number of carbonyl (C=O) groups is 1. The van der Waals surface area contributed by atoms with Gasteiger partial charge in [0.15, 0.2) is 0 Å². The van der Waals surface area contributed by atoms with Gasteiger partial charge in [-0.05, 0) is 40.0 Å². The summed E-state index contributed by atoms with van der Waals surface area (Å²) in [5, 5.41) is 0. The van der Waals surface area contributed by atoms with E-state index in [4.69, 9.17) is 12.2 Å². The zero-order valence-corrected chi connectivity index (χ0v) is 10.6. The van der Waals surface area contributed by atoms with Crippen molar-refractivity contribution in [2.75, 3.05) is 6.54 Å². The molecule has 1 aliphatic rings. The Labute approximate surface area is 97.3 Å². The van der Waals surface area contributed by atoms with Crippen LogP contribution in [0.25, 0.3) is 0 Å². The first kappa shape index (κ1) is 12.4. The van der Waals surface area contributed by atoms with Gasteiger partial charge in [0, 0.05) is 13.0 Å². The molecule has 0 aromatic carbocycles. The normalized spacial score (nSPS) is 16.9. The molecule has 1 heterocycles. The van der Waals surface area contributed by atoms with Crippen LogP contribution in [0.4, 0.5) is 0 Å². The molecule has 2 nitrogen and oxygen atoms in total. The lowest BCUT2D eigenvalue weighted by Crippen LogP contribution is -2.39. The molecule has 0 aromatic heterocycles. The molecular formula is C12H19NOS. The van der Waals surface area contributed by atoms with E-state index in [-0.39, 0.29) is 5.91 Å². The monoisotopic (exact) mass is 225 g/mol. The van der Waals surface area contributed by atoms with E-state index < -0.39 is 0 Å². The highest BCUT2D eigenvalue weighted by Gasteiger charge is 2.22. The SMILES string of the molecule is CC(C)=C(C)CCN1C(=O)CCCC1=S. The molecule has 0 atom stereocenters. The number of likely N-dealkylation sites (tertiary alicyclic amines) is 1. The van der Waals surface area contributed by atoms with Gasteiger partial charge in [0.25, 0.3) is 0 Å². The number of rotatable bonds is 3. The molecule has 0 aliphatic carbocycles. The lowest BCUT2D eigenvalue weighted by atomic mass is 10.1. The minimum Gasteiger partial charge on any atom is -0.306 e. The molecule has 0 unspecified atom stereocenters. The Balaban J connectivity index is 2.53. The number of piperidine rings is 1. The summed E-state index contributed by atoms with van der Waals surface area (Å²) in [6, 6.07) is 0. The largest absolute Gasteiger partial charge is 0.306 e. The van der Waals surface area contributed by atoms with Crippen LogP contribution in [0, 0.1) is 0 Å². The molecule has 0 aromatic rings. The van der Waals surface area contributed by atoms with Crippen molar-refractivity contribution in [3.05, 3.63) is 11.1 Å². The third-order valence-electron chi connectivity index (χ3n) is 2.95. The van der Waals surface area contributed by atoms with Crippen LogP contribution < -0.4 is 0 Å². The Bertz CT molecular complexity index is 287. The first-order chi connectivity index (χ1) is 7.02. The minimum atomic E-state index is 0.202. The average Bonchev–Trinajstić information content (AvgIpc) is 2.16. The van der Waals surface area contributed by atoms with Gasteiger partial charge in [0.2, 0.25) is 5.91 Å². The van der Waals surface area contributed by atoms with E-state index in [1.165, 1.54) is 11.1 Å². The summed E-state index contributed by atoms with van der Waals surface area (Å²) in [4.78, 5) is 14.2. The van der Waals surface area contributed by atoms with Crippen LogP contribution in [0.3, 0.4) is 0 Å². The van der Waals surface area contributed by atoms with Crippen molar-refractivity contribution in [3.8, 4) is 0 Å². The topological polar surface area (TPSA) is 20.3 Å². The lowest BCUT2D eigenvalue weighted by molar-refractivity contribution is -0.128. The van der Waals surface area contributed by atoms with Crippen LogP contribution >= 0.6 is 12.2 Å². The molecule has 1 aliphatic heterocycles. The Kier molecular flexibility index (Phi) is 4.45. The van der Waals surface area contributed by atoms with Crippen molar-refractivity contribution in [1.82, 2.24) is 4.90 Å². The second-order valence-electron chi connectivity index (χ2n) is 4.32. The van der Waals surface area contributed by atoms with Gasteiger partial charge in [-0.2, -0.15) is 0 Å². The highest BCUT2D eigenvalue weighted by Crippen LogP contribution is 2.16. The van der Waals surface area contributed by atoms with Crippen LogP contribution in [-0.4, -0.2) is 22.3 Å². The second kappa shape index (κ2) is 5.40. The third kappa shape index (κ3) is 3.42. The highest BCUT2D eigenvalue weighted by atomic mass is 32.1. The maximum absolute atomic E-state index is 11.6. The molecule has 0 spiro atoms. The molecule has 1 rings (SSSR count). The quantitative estimate of drug-likeness (QED) is 0.543. The van der Waals surface area contributed by atoms with Gasteiger partial charge in [-0.3, -0.25) is 4.79 Å². The van der Waals surface area contributed by atoms with Gasteiger partial charge in [0.1, 0.15) is 0 Å². The zero-order valence-electron chi connectivity index (χ0n) is 9.80.